The summed E-state index contributed by atoms with van der Waals surface area (Å²) >= 11 is 0. The van der Waals surface area contributed by atoms with Gasteiger partial charge in [0.25, 0.3) is 0 Å². The molecule has 0 spiro atoms. The highest BCUT2D eigenvalue weighted by atomic mass is 16.5. The average Bonchev–Trinajstić information content (AvgIpc) is 2.47. The molecule has 1 unspecified atom stereocenters. The van der Waals surface area contributed by atoms with E-state index in [9.17, 15) is 0 Å². The lowest BCUT2D eigenvalue weighted by atomic mass is 10.1. The van der Waals surface area contributed by atoms with Crippen LogP contribution in [0.5, 0.6) is 0 Å². The van der Waals surface area contributed by atoms with E-state index < -0.39 is 0 Å². The van der Waals surface area contributed by atoms with Gasteiger partial charge in [0.15, 0.2) is 5.95 Å². The van der Waals surface area contributed by atoms with Crippen molar-refractivity contribution in [1.82, 2.24) is 9.55 Å². The molecule has 14 heavy (non-hydrogen) atoms. The maximum Gasteiger partial charge on any atom is 0.200 e. The van der Waals surface area contributed by atoms with E-state index >= 15 is 0 Å². The summed E-state index contributed by atoms with van der Waals surface area (Å²) in [5.41, 5.74) is 6.73. The van der Waals surface area contributed by atoms with Crippen molar-refractivity contribution in [3.05, 3.63) is 11.9 Å². The van der Waals surface area contributed by atoms with Gasteiger partial charge < -0.3 is 15.0 Å². The second-order valence-electron chi connectivity index (χ2n) is 3.88. The largest absolute Gasteiger partial charge is 0.376 e. The van der Waals surface area contributed by atoms with E-state index in [4.69, 9.17) is 10.5 Å². The molecule has 0 aliphatic carbocycles. The van der Waals surface area contributed by atoms with Gasteiger partial charge in [0, 0.05) is 12.8 Å². The first-order valence-electron chi connectivity index (χ1n) is 5.16. The molecule has 2 rings (SSSR count). The molecular weight excluding hydrogens is 178 g/mol. The monoisotopic (exact) mass is 195 g/mol. The van der Waals surface area contributed by atoms with Gasteiger partial charge in [0.05, 0.1) is 18.3 Å². The zero-order chi connectivity index (χ0) is 9.97. The van der Waals surface area contributed by atoms with Crippen molar-refractivity contribution in [3.63, 3.8) is 0 Å². The lowest BCUT2D eigenvalue weighted by Crippen LogP contribution is -2.24. The minimum Gasteiger partial charge on any atom is -0.376 e. The molecule has 0 aromatic carbocycles. The molecule has 1 aliphatic heterocycles. The molecule has 2 N–H and O–H groups in total. The number of nitrogen functional groups attached to an aromatic ring is 1. The average molecular weight is 195 g/mol. The van der Waals surface area contributed by atoms with Crippen LogP contribution in [0.4, 0.5) is 5.95 Å². The number of ether oxygens (including phenoxy) is 1. The van der Waals surface area contributed by atoms with Crippen LogP contribution in [0.15, 0.2) is 6.20 Å². The Kier molecular flexibility index (Phi) is 2.72. The summed E-state index contributed by atoms with van der Waals surface area (Å²) in [5, 5.41) is 0. The standard InChI is InChI=1S/C10H17N3O/c1-8-6-13(10(11)12-8)7-9-4-2-3-5-14-9/h6,9H,2-5,7H2,1H3,(H2,11,12). The number of hydrogen-bond acceptors (Lipinski definition) is 3. The fourth-order valence-corrected chi connectivity index (χ4v) is 1.88. The Morgan fingerprint density at radius 3 is 3.07 bits per heavy atom. The number of rotatable bonds is 2. The lowest BCUT2D eigenvalue weighted by Gasteiger charge is -2.23. The van der Waals surface area contributed by atoms with Gasteiger partial charge in [-0.25, -0.2) is 4.98 Å². The van der Waals surface area contributed by atoms with Crippen LogP contribution in [0.1, 0.15) is 25.0 Å². The minimum atomic E-state index is 0.319. The molecule has 1 aliphatic rings. The summed E-state index contributed by atoms with van der Waals surface area (Å²) in [6, 6.07) is 0. The van der Waals surface area contributed by atoms with Crippen LogP contribution < -0.4 is 5.73 Å². The summed E-state index contributed by atoms with van der Waals surface area (Å²) < 4.78 is 7.62. The Balaban J connectivity index is 1.98. The van der Waals surface area contributed by atoms with Crippen LogP contribution in [0.3, 0.4) is 0 Å². The quantitative estimate of drug-likeness (QED) is 0.774. The lowest BCUT2D eigenvalue weighted by molar-refractivity contribution is 0.00632. The molecule has 0 amide bonds. The van der Waals surface area contributed by atoms with Crippen LogP contribution in [0.25, 0.3) is 0 Å². The van der Waals surface area contributed by atoms with Gasteiger partial charge in [-0.2, -0.15) is 0 Å². The van der Waals surface area contributed by atoms with Crippen molar-refractivity contribution in [2.75, 3.05) is 12.3 Å². The van der Waals surface area contributed by atoms with Gasteiger partial charge in [-0.15, -0.1) is 0 Å². The predicted octanol–water partition coefficient (Wildman–Crippen LogP) is 1.34. The molecule has 4 nitrogen and oxygen atoms in total. The van der Waals surface area contributed by atoms with E-state index in [1.807, 2.05) is 17.7 Å². The van der Waals surface area contributed by atoms with Gasteiger partial charge in [0.1, 0.15) is 0 Å². The Bertz CT molecular complexity index is 302. The van der Waals surface area contributed by atoms with E-state index in [1.165, 1.54) is 12.8 Å². The van der Waals surface area contributed by atoms with Crippen molar-refractivity contribution < 1.29 is 4.74 Å². The summed E-state index contributed by atoms with van der Waals surface area (Å²) in [5.74, 6) is 0.594. The summed E-state index contributed by atoms with van der Waals surface area (Å²) in [7, 11) is 0. The predicted molar refractivity (Wildman–Crippen MR) is 55.0 cm³/mol. The number of aromatic nitrogens is 2. The Labute approximate surface area is 84.1 Å². The molecule has 78 valence electrons. The highest BCUT2D eigenvalue weighted by Gasteiger charge is 2.15. The first-order valence-corrected chi connectivity index (χ1v) is 5.16. The number of imidazole rings is 1. The molecule has 1 aromatic rings. The second-order valence-corrected chi connectivity index (χ2v) is 3.88. The van der Waals surface area contributed by atoms with Gasteiger partial charge >= 0.3 is 0 Å². The Morgan fingerprint density at radius 1 is 1.64 bits per heavy atom. The highest BCUT2D eigenvalue weighted by Crippen LogP contribution is 2.16. The van der Waals surface area contributed by atoms with Crippen molar-refractivity contribution in [1.29, 1.82) is 0 Å². The summed E-state index contributed by atoms with van der Waals surface area (Å²) in [4.78, 5) is 4.16. The maximum absolute atomic E-state index is 5.75. The van der Waals surface area contributed by atoms with E-state index in [2.05, 4.69) is 4.98 Å². The summed E-state index contributed by atoms with van der Waals surface area (Å²) in [6.45, 7) is 3.68. The molecule has 2 heterocycles. The Morgan fingerprint density at radius 2 is 2.50 bits per heavy atom. The highest BCUT2D eigenvalue weighted by molar-refractivity contribution is 5.21. The SMILES string of the molecule is Cc1cn(CC2CCCCO2)c(N)n1. The van der Waals surface area contributed by atoms with Gasteiger partial charge in [-0.05, 0) is 26.2 Å². The van der Waals surface area contributed by atoms with Crippen LogP contribution >= 0.6 is 0 Å². The number of aryl methyl sites for hydroxylation is 1. The van der Waals surface area contributed by atoms with Gasteiger partial charge in [-0.1, -0.05) is 0 Å². The third kappa shape index (κ3) is 2.07. The molecule has 1 atom stereocenters. The number of nitrogens with two attached hydrogens (primary N) is 1. The van der Waals surface area contributed by atoms with Crippen LogP contribution in [-0.4, -0.2) is 22.3 Å². The first-order chi connectivity index (χ1) is 6.75. The number of hydrogen-bond donors (Lipinski definition) is 1. The molecule has 0 bridgehead atoms. The second kappa shape index (κ2) is 4.00. The zero-order valence-electron chi connectivity index (χ0n) is 8.57. The molecule has 1 aromatic heterocycles. The topological polar surface area (TPSA) is 53.1 Å². The fourth-order valence-electron chi connectivity index (χ4n) is 1.88. The number of anilines is 1. The molecule has 4 heteroatoms. The normalized spacial score (nSPS) is 22.5. The molecule has 0 saturated carbocycles. The van der Waals surface area contributed by atoms with Gasteiger partial charge in [-0.3, -0.25) is 0 Å². The smallest absolute Gasteiger partial charge is 0.200 e. The van der Waals surface area contributed by atoms with Crippen molar-refractivity contribution in [3.8, 4) is 0 Å². The van der Waals surface area contributed by atoms with Crippen LogP contribution in [-0.2, 0) is 11.3 Å². The third-order valence-corrected chi connectivity index (χ3v) is 2.60. The molecule has 0 radical (unpaired) electrons. The summed E-state index contributed by atoms with van der Waals surface area (Å²) in [6.07, 6.45) is 5.89. The zero-order valence-corrected chi connectivity index (χ0v) is 8.57. The third-order valence-electron chi connectivity index (χ3n) is 2.60. The number of nitrogens with zero attached hydrogens (tertiary/aromatic N) is 2. The van der Waals surface area contributed by atoms with Crippen molar-refractivity contribution >= 4 is 5.95 Å². The van der Waals surface area contributed by atoms with E-state index in [0.717, 1.165) is 25.3 Å². The van der Waals surface area contributed by atoms with E-state index in [1.54, 1.807) is 0 Å². The van der Waals surface area contributed by atoms with E-state index in [0.29, 0.717) is 12.1 Å². The van der Waals surface area contributed by atoms with Gasteiger partial charge in [0.2, 0.25) is 0 Å². The van der Waals surface area contributed by atoms with E-state index in [-0.39, 0.29) is 0 Å². The van der Waals surface area contributed by atoms with Crippen molar-refractivity contribution in [2.45, 2.75) is 38.8 Å². The molecular formula is C10H17N3O. The molecule has 1 saturated heterocycles. The minimum absolute atomic E-state index is 0.319. The first kappa shape index (κ1) is 9.52. The van der Waals surface area contributed by atoms with Crippen molar-refractivity contribution in [2.24, 2.45) is 0 Å². The Hall–Kier alpha value is -1.03. The van der Waals surface area contributed by atoms with Crippen LogP contribution in [0, 0.1) is 6.92 Å². The fraction of sp³-hybridized carbons (Fsp3) is 0.700. The van der Waals surface area contributed by atoms with Crippen LogP contribution in [0.2, 0.25) is 0 Å². The molecule has 1 fully saturated rings. The maximum atomic E-state index is 5.75.